The van der Waals surface area contributed by atoms with Crippen molar-refractivity contribution in [3.8, 4) is 17.1 Å². The van der Waals surface area contributed by atoms with Gasteiger partial charge in [-0.05, 0) is 66.7 Å². The SMILES string of the molecule is [C-]#[N+]c1cc([N+]#[C-])c(-n2c3ccccc3c3c4oc5ccccc5c4ccc32)c(-n2c3ccccc3c3c4oc5ccccc5c4ccc32)c1-n1c2ccccc2c2ccccc21. The highest BCUT2D eigenvalue weighted by Crippen LogP contribution is 2.51. The van der Waals surface area contributed by atoms with Crippen molar-refractivity contribution in [2.24, 2.45) is 0 Å². The fourth-order valence-electron chi connectivity index (χ4n) is 10.6. The molecular weight excluding hydrogens is 775 g/mol. The minimum Gasteiger partial charge on any atom is -0.455 e. The van der Waals surface area contributed by atoms with E-state index in [-0.39, 0.29) is 0 Å². The van der Waals surface area contributed by atoms with E-state index in [0.29, 0.717) is 28.4 Å². The lowest BCUT2D eigenvalue weighted by Crippen LogP contribution is -2.09. The first kappa shape index (κ1) is 33.8. The molecule has 63 heavy (non-hydrogen) atoms. The quantitative estimate of drug-likeness (QED) is 0.167. The molecule has 0 N–H and O–H groups in total. The van der Waals surface area contributed by atoms with Crippen LogP contribution in [-0.2, 0) is 0 Å². The van der Waals surface area contributed by atoms with Gasteiger partial charge in [0.1, 0.15) is 22.3 Å². The normalized spacial score (nSPS) is 12.1. The maximum Gasteiger partial charge on any atom is 0.202 e. The van der Waals surface area contributed by atoms with E-state index in [9.17, 15) is 0 Å². The lowest BCUT2D eigenvalue weighted by molar-refractivity contribution is 0.672. The maximum absolute atomic E-state index is 8.96. The van der Waals surface area contributed by atoms with Crippen LogP contribution in [0.5, 0.6) is 0 Å². The van der Waals surface area contributed by atoms with E-state index >= 15 is 0 Å². The van der Waals surface area contributed by atoms with Crippen LogP contribution in [0.25, 0.3) is 136 Å². The second kappa shape index (κ2) is 12.3. The van der Waals surface area contributed by atoms with Gasteiger partial charge in [0.25, 0.3) is 0 Å². The summed E-state index contributed by atoms with van der Waals surface area (Å²) in [6.07, 6.45) is 0. The van der Waals surface area contributed by atoms with E-state index in [2.05, 4.69) is 139 Å². The number of para-hydroxylation sites is 6. The molecule has 0 saturated carbocycles. The zero-order chi connectivity index (χ0) is 41.5. The Hall–Kier alpha value is -9.04. The molecule has 5 aromatic heterocycles. The Morgan fingerprint density at radius 1 is 0.317 bits per heavy atom. The van der Waals surface area contributed by atoms with Gasteiger partial charge in [0.15, 0.2) is 0 Å². The highest BCUT2D eigenvalue weighted by molar-refractivity contribution is 6.26. The van der Waals surface area contributed by atoms with Gasteiger partial charge in [0.05, 0.1) is 74.1 Å². The minimum absolute atomic E-state index is 0.351. The van der Waals surface area contributed by atoms with Crippen LogP contribution in [0.4, 0.5) is 11.4 Å². The molecule has 7 nitrogen and oxygen atoms in total. The van der Waals surface area contributed by atoms with Crippen LogP contribution >= 0.6 is 0 Å². The lowest BCUT2D eigenvalue weighted by atomic mass is 10.1. The van der Waals surface area contributed by atoms with Crippen LogP contribution in [0.15, 0.2) is 185 Å². The molecule has 0 fully saturated rings. The molecule has 9 aromatic carbocycles. The lowest BCUT2D eigenvalue weighted by Gasteiger charge is -2.24. The van der Waals surface area contributed by atoms with Crippen LogP contribution in [-0.4, -0.2) is 13.7 Å². The summed E-state index contributed by atoms with van der Waals surface area (Å²) in [6.45, 7) is 17.9. The van der Waals surface area contributed by atoms with E-state index < -0.39 is 0 Å². The molecule has 0 bridgehead atoms. The zero-order valence-electron chi connectivity index (χ0n) is 33.3. The fraction of sp³-hybridized carbons (Fsp3) is 0. The van der Waals surface area contributed by atoms with Gasteiger partial charge >= 0.3 is 0 Å². The van der Waals surface area contributed by atoms with Gasteiger partial charge in [0, 0.05) is 43.1 Å². The van der Waals surface area contributed by atoms with Gasteiger partial charge in [-0.1, -0.05) is 109 Å². The van der Waals surface area contributed by atoms with Crippen molar-refractivity contribution in [1.82, 2.24) is 13.7 Å². The van der Waals surface area contributed by atoms with Crippen LogP contribution < -0.4 is 0 Å². The van der Waals surface area contributed by atoms with Crippen molar-refractivity contribution in [3.05, 3.63) is 199 Å². The summed E-state index contributed by atoms with van der Waals surface area (Å²) in [5.74, 6) is 0. The average molecular weight is 804 g/mol. The van der Waals surface area contributed by atoms with Gasteiger partial charge in [-0.15, -0.1) is 0 Å². The number of benzene rings is 9. The molecule has 290 valence electrons. The molecule has 0 amide bonds. The van der Waals surface area contributed by atoms with Crippen molar-refractivity contribution in [3.63, 3.8) is 0 Å². The predicted octanol–water partition coefficient (Wildman–Crippen LogP) is 15.9. The molecule has 0 aliphatic heterocycles. The molecule has 0 radical (unpaired) electrons. The first-order valence-corrected chi connectivity index (χ1v) is 20.8. The Labute approximate surface area is 357 Å². The summed E-state index contributed by atoms with van der Waals surface area (Å²) in [7, 11) is 0. The summed E-state index contributed by atoms with van der Waals surface area (Å²) in [4.78, 5) is 8.62. The first-order chi connectivity index (χ1) is 31.2. The van der Waals surface area contributed by atoms with E-state index in [1.54, 1.807) is 6.07 Å². The summed E-state index contributed by atoms with van der Waals surface area (Å²) < 4.78 is 20.3. The number of nitrogens with zero attached hydrogens (tertiary/aromatic N) is 5. The molecule has 14 aromatic rings. The summed E-state index contributed by atoms with van der Waals surface area (Å²) >= 11 is 0. The number of hydrogen-bond donors (Lipinski definition) is 0. The molecule has 0 spiro atoms. The first-order valence-electron chi connectivity index (χ1n) is 20.8. The van der Waals surface area contributed by atoms with Gasteiger partial charge in [0.2, 0.25) is 11.4 Å². The number of rotatable bonds is 3. The summed E-state index contributed by atoms with van der Waals surface area (Å²) in [6, 6.07) is 60.2. The van der Waals surface area contributed by atoms with Crippen molar-refractivity contribution in [2.45, 2.75) is 0 Å². The van der Waals surface area contributed by atoms with Gasteiger partial charge in [-0.25, -0.2) is 9.69 Å². The third-order valence-corrected chi connectivity index (χ3v) is 13.1. The number of hydrogen-bond acceptors (Lipinski definition) is 2. The van der Waals surface area contributed by atoms with E-state index in [4.69, 9.17) is 22.0 Å². The van der Waals surface area contributed by atoms with Crippen LogP contribution in [0.3, 0.4) is 0 Å². The second-order valence-electron chi connectivity index (χ2n) is 16.1. The average Bonchev–Trinajstić information content (AvgIpc) is 4.14. The monoisotopic (exact) mass is 803 g/mol. The Morgan fingerprint density at radius 3 is 1.11 bits per heavy atom. The molecular formula is C56H29N5O2. The molecule has 0 unspecified atom stereocenters. The number of furan rings is 2. The molecule has 0 aliphatic carbocycles. The molecule has 0 saturated heterocycles. The van der Waals surface area contributed by atoms with Crippen molar-refractivity contribution in [1.29, 1.82) is 0 Å². The predicted molar refractivity (Wildman–Crippen MR) is 257 cm³/mol. The van der Waals surface area contributed by atoms with E-state index in [1.165, 1.54) is 0 Å². The largest absolute Gasteiger partial charge is 0.455 e. The van der Waals surface area contributed by atoms with Gasteiger partial charge < -0.3 is 22.5 Å². The topological polar surface area (TPSA) is 49.8 Å². The highest BCUT2D eigenvalue weighted by Gasteiger charge is 2.31. The van der Waals surface area contributed by atoms with Crippen LogP contribution in [0.1, 0.15) is 0 Å². The number of aromatic nitrogens is 3. The summed E-state index contributed by atoms with van der Waals surface area (Å²) in [5.41, 5.74) is 11.5. The van der Waals surface area contributed by atoms with Crippen molar-refractivity contribution < 1.29 is 8.83 Å². The zero-order valence-corrected chi connectivity index (χ0v) is 33.3. The van der Waals surface area contributed by atoms with Crippen LogP contribution in [0.2, 0.25) is 0 Å². The third kappa shape index (κ3) is 4.29. The standard InChI is InChI=1S/C56H29N5O2/c1-57-40-31-41(58-2)53(60-44-23-11-5-19-38(44)50-46(60)29-27-36-34-17-7-13-25-48(34)62-55(36)50)54(52(40)59-42-21-9-3-15-32(42)33-16-4-10-22-43(33)59)61-45-24-12-6-20-39(45)51-47(61)30-28-37-35-18-8-14-26-49(35)63-56(37)51/h3-31H. The van der Waals surface area contributed by atoms with E-state index in [1.807, 2.05) is 54.6 Å². The van der Waals surface area contributed by atoms with Crippen molar-refractivity contribution >= 4 is 121 Å². The fourth-order valence-corrected chi connectivity index (χ4v) is 10.6. The Kier molecular flexibility index (Phi) is 6.57. The molecule has 0 aliphatic rings. The molecule has 7 heteroatoms. The Bertz CT molecular complexity index is 4370. The van der Waals surface area contributed by atoms with Crippen molar-refractivity contribution in [2.75, 3.05) is 0 Å². The maximum atomic E-state index is 8.96. The van der Waals surface area contributed by atoms with Gasteiger partial charge in [-0.2, -0.15) is 0 Å². The summed E-state index contributed by atoms with van der Waals surface area (Å²) in [5, 5.41) is 10.2. The Morgan fingerprint density at radius 2 is 0.667 bits per heavy atom. The number of fused-ring (bicyclic) bond motifs is 17. The molecule has 0 atom stereocenters. The van der Waals surface area contributed by atoms with E-state index in [0.717, 1.165) is 109 Å². The van der Waals surface area contributed by atoms with Crippen LogP contribution in [0, 0.1) is 13.1 Å². The molecule has 14 rings (SSSR count). The minimum atomic E-state index is 0.351. The highest BCUT2D eigenvalue weighted by atomic mass is 16.3. The second-order valence-corrected chi connectivity index (χ2v) is 16.1. The Balaban J connectivity index is 1.26. The smallest absolute Gasteiger partial charge is 0.202 e. The van der Waals surface area contributed by atoms with Gasteiger partial charge in [-0.3, -0.25) is 0 Å². The molecule has 5 heterocycles. The third-order valence-electron chi connectivity index (χ3n) is 13.1.